The van der Waals surface area contributed by atoms with Gasteiger partial charge in [0, 0.05) is 58.4 Å². The van der Waals surface area contributed by atoms with Crippen LogP contribution in [0.1, 0.15) is 30.2 Å². The van der Waals surface area contributed by atoms with Gasteiger partial charge in [0.1, 0.15) is 11.9 Å². The lowest BCUT2D eigenvalue weighted by atomic mass is 10.0. The topological polar surface area (TPSA) is 114 Å². The molecule has 0 spiro atoms. The van der Waals surface area contributed by atoms with Gasteiger partial charge in [-0.05, 0) is 48.7 Å². The Morgan fingerprint density at radius 1 is 1.21 bits per heavy atom. The fourth-order valence-electron chi connectivity index (χ4n) is 5.29. The Kier molecular flexibility index (Phi) is 9.25. The first-order chi connectivity index (χ1) is 20.3. The fraction of sp³-hybridized carbons (Fsp3) is 0.400. The number of nitrogens with zero attached hydrogens (tertiary/aromatic N) is 5. The van der Waals surface area contributed by atoms with Gasteiger partial charge in [-0.2, -0.15) is 14.6 Å². The van der Waals surface area contributed by atoms with Crippen molar-refractivity contribution in [3.63, 3.8) is 0 Å². The van der Waals surface area contributed by atoms with Crippen molar-refractivity contribution in [2.45, 2.75) is 38.8 Å². The number of carbonyl (C=O) groups excluding carboxylic acids is 2. The van der Waals surface area contributed by atoms with Gasteiger partial charge in [-0.15, -0.1) is 0 Å². The lowest BCUT2D eigenvalue weighted by Gasteiger charge is -2.24. The zero-order valence-electron chi connectivity index (χ0n) is 24.0. The molecule has 0 aliphatic carbocycles. The summed E-state index contributed by atoms with van der Waals surface area (Å²) in [5.41, 5.74) is 4.16. The van der Waals surface area contributed by atoms with Gasteiger partial charge in [0.2, 0.25) is 11.9 Å². The first-order valence-corrected chi connectivity index (χ1v) is 14.0. The predicted molar refractivity (Wildman–Crippen MR) is 155 cm³/mol. The van der Waals surface area contributed by atoms with E-state index in [0.29, 0.717) is 51.4 Å². The minimum absolute atomic E-state index is 0.0416. The Balaban J connectivity index is 1.37. The molecular formula is C30H36FN7O4. The van der Waals surface area contributed by atoms with Crippen LogP contribution >= 0.6 is 0 Å². The van der Waals surface area contributed by atoms with Gasteiger partial charge in [-0.1, -0.05) is 24.3 Å². The average Bonchev–Trinajstić information content (AvgIpc) is 3.51. The van der Waals surface area contributed by atoms with Crippen molar-refractivity contribution in [3.05, 3.63) is 77.5 Å². The normalized spacial score (nSPS) is 19.0. The number of anilines is 1. The smallest absolute Gasteiger partial charge is 0.320 e. The van der Waals surface area contributed by atoms with Crippen molar-refractivity contribution < 1.29 is 23.6 Å². The summed E-state index contributed by atoms with van der Waals surface area (Å²) in [6.07, 6.45) is 4.09. The molecule has 3 aromatic rings. The predicted octanol–water partition coefficient (Wildman–Crippen LogP) is 3.35. The minimum Gasteiger partial charge on any atom is -0.383 e. The summed E-state index contributed by atoms with van der Waals surface area (Å²) in [6.45, 7) is 6.07. The Bertz CT molecular complexity index is 1440. The molecule has 2 aliphatic heterocycles. The molecule has 3 amide bonds. The Labute approximate surface area is 244 Å². The number of hydroxylamine groups is 2. The summed E-state index contributed by atoms with van der Waals surface area (Å²) >= 11 is 0. The van der Waals surface area contributed by atoms with Crippen LogP contribution in [0.15, 0.2) is 54.7 Å². The quantitative estimate of drug-likeness (QED) is 0.375. The molecule has 1 saturated heterocycles. The maximum Gasteiger partial charge on any atom is 0.320 e. The van der Waals surface area contributed by atoms with Crippen molar-refractivity contribution in [1.82, 2.24) is 30.0 Å². The maximum absolute atomic E-state index is 13.8. The van der Waals surface area contributed by atoms with E-state index in [2.05, 4.69) is 15.6 Å². The van der Waals surface area contributed by atoms with E-state index in [4.69, 9.17) is 14.7 Å². The third-order valence-electron chi connectivity index (χ3n) is 7.54. The third-order valence-corrected chi connectivity index (χ3v) is 7.54. The van der Waals surface area contributed by atoms with Crippen LogP contribution in [0.5, 0.6) is 0 Å². The molecule has 1 fully saturated rings. The highest BCUT2D eigenvalue weighted by Crippen LogP contribution is 2.31. The first-order valence-electron chi connectivity index (χ1n) is 14.0. The summed E-state index contributed by atoms with van der Waals surface area (Å²) < 4.78 is 20.7. The van der Waals surface area contributed by atoms with E-state index >= 15 is 0 Å². The lowest BCUT2D eigenvalue weighted by molar-refractivity contribution is -0.151. The first kappa shape index (κ1) is 29.4. The summed E-state index contributed by atoms with van der Waals surface area (Å²) in [6, 6.07) is 11.9. The number of pyridine rings is 1. The van der Waals surface area contributed by atoms with Crippen LogP contribution in [-0.4, -0.2) is 88.7 Å². The van der Waals surface area contributed by atoms with Crippen LogP contribution in [0.4, 0.5) is 15.0 Å². The van der Waals surface area contributed by atoms with E-state index in [1.165, 1.54) is 12.3 Å². The molecule has 11 nitrogen and oxygen atoms in total. The molecule has 1 aromatic carbocycles. The number of hydrogen-bond donors (Lipinski definition) is 2. The van der Waals surface area contributed by atoms with Crippen molar-refractivity contribution in [2.75, 3.05) is 45.2 Å². The van der Waals surface area contributed by atoms with Crippen molar-refractivity contribution in [1.29, 1.82) is 0 Å². The average molecular weight is 578 g/mol. The highest BCUT2D eigenvalue weighted by Gasteiger charge is 2.36. The SMILES string of the molecule is COCCN1C[C@@H](NC(=O)Nc2c(C)c(C3=CCN(C(C)=O)CC3)nn2-c2ccccc2)C(Cc2ccnc(F)c2)O1. The molecule has 2 aliphatic rings. The van der Waals surface area contributed by atoms with Crippen LogP contribution in [0, 0.1) is 12.9 Å². The van der Waals surface area contributed by atoms with Gasteiger partial charge in [0.15, 0.2) is 0 Å². The van der Waals surface area contributed by atoms with E-state index in [0.717, 1.165) is 28.1 Å². The van der Waals surface area contributed by atoms with Crippen LogP contribution in [0.25, 0.3) is 11.3 Å². The number of halogens is 1. The lowest BCUT2D eigenvalue weighted by Crippen LogP contribution is -2.45. The fourth-order valence-corrected chi connectivity index (χ4v) is 5.29. The van der Waals surface area contributed by atoms with Crippen molar-refractivity contribution in [3.8, 4) is 5.69 Å². The molecule has 0 saturated carbocycles. The number of rotatable bonds is 9. The Morgan fingerprint density at radius 3 is 2.71 bits per heavy atom. The van der Waals surface area contributed by atoms with E-state index in [1.807, 2.05) is 43.3 Å². The number of nitrogens with one attached hydrogen (secondary N) is 2. The van der Waals surface area contributed by atoms with E-state index in [9.17, 15) is 14.0 Å². The summed E-state index contributed by atoms with van der Waals surface area (Å²) in [7, 11) is 1.62. The second-order valence-corrected chi connectivity index (χ2v) is 10.4. The van der Waals surface area contributed by atoms with Gasteiger partial charge in [-0.25, -0.2) is 14.5 Å². The summed E-state index contributed by atoms with van der Waals surface area (Å²) in [4.78, 5) is 36.8. The molecular weight excluding hydrogens is 541 g/mol. The highest BCUT2D eigenvalue weighted by molar-refractivity contribution is 5.91. The van der Waals surface area contributed by atoms with Crippen LogP contribution in [0.3, 0.4) is 0 Å². The number of ether oxygens (including phenoxy) is 1. The van der Waals surface area contributed by atoms with Crippen LogP contribution in [-0.2, 0) is 20.8 Å². The number of hydrogen-bond acceptors (Lipinski definition) is 7. The number of benzene rings is 1. The van der Waals surface area contributed by atoms with Crippen LogP contribution in [0.2, 0.25) is 0 Å². The summed E-state index contributed by atoms with van der Waals surface area (Å²) in [5.74, 6) is 0.0259. The van der Waals surface area contributed by atoms with Crippen LogP contribution < -0.4 is 10.6 Å². The standard InChI is InChI=1S/C30H36FN7O4/c1-20-28(23-10-13-36(14-11-23)21(2)39)35-38(24-7-5-4-6-8-24)29(20)34-30(40)33-25-19-37(15-16-41-3)42-26(25)17-22-9-12-32-27(31)18-22/h4-10,12,18,25-26H,11,13-17,19H2,1-3H3,(H2,33,34,40)/t25-,26?/m1/s1. The zero-order chi connectivity index (χ0) is 29.6. The molecule has 2 N–H and O–H groups in total. The Morgan fingerprint density at radius 2 is 2.02 bits per heavy atom. The number of carbonyl (C=O) groups is 2. The number of urea groups is 1. The molecule has 2 aromatic heterocycles. The second-order valence-electron chi connectivity index (χ2n) is 10.4. The highest BCUT2D eigenvalue weighted by atomic mass is 19.1. The van der Waals surface area contributed by atoms with Gasteiger partial charge < -0.3 is 15.0 Å². The third kappa shape index (κ3) is 6.84. The number of amides is 3. The molecule has 4 heterocycles. The van der Waals surface area contributed by atoms with Crippen molar-refractivity contribution in [2.24, 2.45) is 0 Å². The van der Waals surface area contributed by atoms with Gasteiger partial charge in [-0.3, -0.25) is 14.9 Å². The van der Waals surface area contributed by atoms with E-state index in [-0.39, 0.29) is 11.9 Å². The molecule has 222 valence electrons. The van der Waals surface area contributed by atoms with Gasteiger partial charge in [0.25, 0.3) is 0 Å². The van der Waals surface area contributed by atoms with Gasteiger partial charge >= 0.3 is 6.03 Å². The molecule has 0 radical (unpaired) electrons. The zero-order valence-corrected chi connectivity index (χ0v) is 24.0. The van der Waals surface area contributed by atoms with E-state index in [1.54, 1.807) is 34.7 Å². The number of methoxy groups -OCH3 is 1. The number of aromatic nitrogens is 3. The minimum atomic E-state index is -0.563. The number of para-hydroxylation sites is 1. The monoisotopic (exact) mass is 577 g/mol. The molecule has 42 heavy (non-hydrogen) atoms. The molecule has 12 heteroatoms. The molecule has 0 bridgehead atoms. The largest absolute Gasteiger partial charge is 0.383 e. The molecule has 5 rings (SSSR count). The Hall–Kier alpha value is -4.13. The maximum atomic E-state index is 13.8. The molecule has 2 atom stereocenters. The molecule has 1 unspecified atom stereocenters. The van der Waals surface area contributed by atoms with E-state index < -0.39 is 18.1 Å². The summed E-state index contributed by atoms with van der Waals surface area (Å²) in [5, 5.41) is 12.8. The van der Waals surface area contributed by atoms with Crippen molar-refractivity contribution >= 4 is 23.3 Å². The second kappa shape index (κ2) is 13.2. The van der Waals surface area contributed by atoms with Gasteiger partial charge in [0.05, 0.1) is 24.0 Å².